The van der Waals surface area contributed by atoms with E-state index < -0.39 is 11.5 Å². The quantitative estimate of drug-likeness (QED) is 0.389. The maximum absolute atomic E-state index is 10.6. The third-order valence-corrected chi connectivity index (χ3v) is 1.71. The van der Waals surface area contributed by atoms with Gasteiger partial charge in [0.25, 0.3) is 0 Å². The second-order valence-electron chi connectivity index (χ2n) is 3.15. The van der Waals surface area contributed by atoms with Crippen molar-refractivity contribution in [2.75, 3.05) is 13.1 Å². The highest BCUT2D eigenvalue weighted by atomic mass is 16.4. The van der Waals surface area contributed by atoms with Gasteiger partial charge in [-0.05, 0) is 19.8 Å². The average Bonchev–Trinajstić information content (AvgIpc) is 2.03. The minimum atomic E-state index is -1.14. The predicted octanol–water partition coefficient (Wildman–Crippen LogP) is -0.402. The van der Waals surface area contributed by atoms with Crippen LogP contribution in [0.1, 0.15) is 19.8 Å². The van der Waals surface area contributed by atoms with Gasteiger partial charge in [-0.3, -0.25) is 9.79 Å². The molecule has 0 aromatic carbocycles. The summed E-state index contributed by atoms with van der Waals surface area (Å²) < 4.78 is 0. The maximum Gasteiger partial charge on any atom is 0.323 e. The summed E-state index contributed by atoms with van der Waals surface area (Å²) in [5, 5.41) is 8.66. The van der Waals surface area contributed by atoms with Gasteiger partial charge in [-0.1, -0.05) is 0 Å². The van der Waals surface area contributed by atoms with E-state index in [1.165, 1.54) is 6.92 Å². The van der Waals surface area contributed by atoms with Crippen LogP contribution in [-0.2, 0) is 4.79 Å². The summed E-state index contributed by atoms with van der Waals surface area (Å²) in [6, 6.07) is 0. The smallest absolute Gasteiger partial charge is 0.323 e. The zero-order valence-electron chi connectivity index (χ0n) is 7.86. The molecule has 0 rings (SSSR count). The molecule has 0 unspecified atom stereocenters. The van der Waals surface area contributed by atoms with Gasteiger partial charge in [0.15, 0.2) is 0 Å². The van der Waals surface area contributed by atoms with Crippen LogP contribution in [-0.4, -0.2) is 35.9 Å². The molecule has 5 heteroatoms. The first kappa shape index (κ1) is 12.1. The molecule has 0 spiro atoms. The van der Waals surface area contributed by atoms with E-state index in [0.29, 0.717) is 25.9 Å². The second kappa shape index (κ2) is 5.66. The molecule has 0 aliphatic carbocycles. The number of nitrogens with two attached hydrogens (primary N) is 2. The standard InChI is InChI=1S/C8H17N3O2/c1-8(10,7(12)13)3-2-5-11-6-4-9/h6H,2-5,9-10H2,1H3,(H,12,13)/t8-/m0/s1. The molecule has 0 aliphatic rings. The number of carboxylic acids is 1. The molecule has 0 bridgehead atoms. The summed E-state index contributed by atoms with van der Waals surface area (Å²) in [6.07, 6.45) is 2.69. The minimum absolute atomic E-state index is 0.415. The van der Waals surface area contributed by atoms with E-state index in [9.17, 15) is 4.79 Å². The molecule has 0 aromatic rings. The van der Waals surface area contributed by atoms with Gasteiger partial charge in [-0.25, -0.2) is 0 Å². The van der Waals surface area contributed by atoms with Crippen molar-refractivity contribution in [3.05, 3.63) is 0 Å². The van der Waals surface area contributed by atoms with Crippen LogP contribution in [0.4, 0.5) is 0 Å². The Kier molecular flexibility index (Phi) is 5.25. The van der Waals surface area contributed by atoms with Crippen LogP contribution in [0.3, 0.4) is 0 Å². The van der Waals surface area contributed by atoms with E-state index >= 15 is 0 Å². The highest BCUT2D eigenvalue weighted by molar-refractivity contribution is 5.77. The van der Waals surface area contributed by atoms with Crippen LogP contribution >= 0.6 is 0 Å². The monoisotopic (exact) mass is 187 g/mol. The van der Waals surface area contributed by atoms with Crippen LogP contribution in [0.5, 0.6) is 0 Å². The second-order valence-corrected chi connectivity index (χ2v) is 3.15. The molecule has 1 atom stereocenters. The third-order valence-electron chi connectivity index (χ3n) is 1.71. The number of carbonyl (C=O) groups is 1. The van der Waals surface area contributed by atoms with E-state index in [1.54, 1.807) is 6.21 Å². The molecular weight excluding hydrogens is 170 g/mol. The van der Waals surface area contributed by atoms with Crippen LogP contribution in [0.25, 0.3) is 0 Å². The topological polar surface area (TPSA) is 102 Å². The van der Waals surface area contributed by atoms with E-state index in [0.717, 1.165) is 0 Å². The van der Waals surface area contributed by atoms with E-state index in [-0.39, 0.29) is 0 Å². The van der Waals surface area contributed by atoms with Gasteiger partial charge < -0.3 is 16.6 Å². The molecule has 5 nitrogen and oxygen atoms in total. The summed E-state index contributed by atoms with van der Waals surface area (Å²) in [5.41, 5.74) is 9.53. The summed E-state index contributed by atoms with van der Waals surface area (Å²) in [4.78, 5) is 14.5. The fraction of sp³-hybridized carbons (Fsp3) is 0.750. The van der Waals surface area contributed by atoms with E-state index in [4.69, 9.17) is 16.6 Å². The molecule has 0 saturated heterocycles. The Morgan fingerprint density at radius 3 is 2.77 bits per heavy atom. The molecule has 5 N–H and O–H groups in total. The molecule has 0 aromatic heterocycles. The van der Waals surface area contributed by atoms with Gasteiger partial charge in [0.1, 0.15) is 5.54 Å². The normalized spacial score (nSPS) is 15.9. The van der Waals surface area contributed by atoms with Gasteiger partial charge in [0.2, 0.25) is 0 Å². The lowest BCUT2D eigenvalue weighted by Crippen LogP contribution is -2.44. The lowest BCUT2D eigenvalue weighted by Gasteiger charge is -2.17. The molecule has 0 saturated carbocycles. The molecular formula is C8H17N3O2. The maximum atomic E-state index is 10.6. The number of aliphatic carboxylic acids is 1. The van der Waals surface area contributed by atoms with Gasteiger partial charge in [0.05, 0.1) is 0 Å². The van der Waals surface area contributed by atoms with Crippen LogP contribution in [0.15, 0.2) is 4.99 Å². The van der Waals surface area contributed by atoms with Crippen molar-refractivity contribution in [1.82, 2.24) is 0 Å². The Bertz CT molecular complexity index is 190. The molecule has 0 aliphatic heterocycles. The summed E-state index contributed by atoms with van der Waals surface area (Å²) >= 11 is 0. The van der Waals surface area contributed by atoms with Gasteiger partial charge in [0, 0.05) is 19.3 Å². The summed E-state index contributed by atoms with van der Waals surface area (Å²) in [7, 11) is 0. The fourth-order valence-corrected chi connectivity index (χ4v) is 0.810. The Balaban J connectivity index is 3.64. The first-order valence-corrected chi connectivity index (χ1v) is 4.21. The van der Waals surface area contributed by atoms with E-state index in [1.807, 2.05) is 0 Å². The van der Waals surface area contributed by atoms with Crippen molar-refractivity contribution < 1.29 is 9.90 Å². The molecule has 76 valence electrons. The van der Waals surface area contributed by atoms with Crippen LogP contribution in [0.2, 0.25) is 0 Å². The van der Waals surface area contributed by atoms with Gasteiger partial charge in [-0.15, -0.1) is 0 Å². The summed E-state index contributed by atoms with van der Waals surface area (Å²) in [5.74, 6) is -0.977. The zero-order valence-corrected chi connectivity index (χ0v) is 7.86. The van der Waals surface area contributed by atoms with Crippen molar-refractivity contribution in [2.24, 2.45) is 16.5 Å². The zero-order chi connectivity index (χ0) is 10.3. The van der Waals surface area contributed by atoms with Gasteiger partial charge in [-0.2, -0.15) is 0 Å². The number of hydrogen-bond donors (Lipinski definition) is 3. The Labute approximate surface area is 77.8 Å². The molecule has 13 heavy (non-hydrogen) atoms. The third kappa shape index (κ3) is 5.32. The van der Waals surface area contributed by atoms with Crippen molar-refractivity contribution in [1.29, 1.82) is 0 Å². The molecule has 0 fully saturated rings. The fourth-order valence-electron chi connectivity index (χ4n) is 0.810. The summed E-state index contributed by atoms with van der Waals surface area (Å²) in [6.45, 7) is 2.50. The largest absolute Gasteiger partial charge is 0.480 e. The SMILES string of the molecule is C[C@](N)(CCCN=CCN)C(=O)O. The van der Waals surface area contributed by atoms with Crippen molar-refractivity contribution in [3.63, 3.8) is 0 Å². The molecule has 0 heterocycles. The van der Waals surface area contributed by atoms with Gasteiger partial charge >= 0.3 is 5.97 Å². The lowest BCUT2D eigenvalue weighted by atomic mass is 9.98. The number of aliphatic imine (C=N–C) groups is 1. The highest BCUT2D eigenvalue weighted by Gasteiger charge is 2.26. The van der Waals surface area contributed by atoms with Crippen molar-refractivity contribution >= 4 is 12.2 Å². The molecule has 0 amide bonds. The average molecular weight is 187 g/mol. The van der Waals surface area contributed by atoms with Crippen molar-refractivity contribution in [2.45, 2.75) is 25.3 Å². The van der Waals surface area contributed by atoms with E-state index in [2.05, 4.69) is 4.99 Å². The van der Waals surface area contributed by atoms with Crippen LogP contribution < -0.4 is 11.5 Å². The highest BCUT2D eigenvalue weighted by Crippen LogP contribution is 2.08. The minimum Gasteiger partial charge on any atom is -0.480 e. The Morgan fingerprint density at radius 2 is 2.31 bits per heavy atom. The Morgan fingerprint density at radius 1 is 1.69 bits per heavy atom. The van der Waals surface area contributed by atoms with Crippen LogP contribution in [0, 0.1) is 0 Å². The first-order chi connectivity index (χ1) is 6.00. The Hall–Kier alpha value is -0.940. The molecule has 0 radical (unpaired) electrons. The number of rotatable bonds is 6. The number of nitrogens with zero attached hydrogens (tertiary/aromatic N) is 1. The number of carboxylic acid groups (broad SMARTS) is 1. The van der Waals surface area contributed by atoms with Crippen molar-refractivity contribution in [3.8, 4) is 0 Å². The lowest BCUT2D eigenvalue weighted by molar-refractivity contribution is -0.142. The number of hydrogen-bond acceptors (Lipinski definition) is 4. The predicted molar refractivity (Wildman–Crippen MR) is 51.9 cm³/mol. The first-order valence-electron chi connectivity index (χ1n) is 4.21.